The number of nitrogens with two attached hydrogens (primary N) is 3. The van der Waals surface area contributed by atoms with Crippen LogP contribution in [0.5, 0.6) is 0 Å². The number of nitrogens with zero attached hydrogens (tertiary/aromatic N) is 1. The van der Waals surface area contributed by atoms with E-state index < -0.39 is 153 Å². The van der Waals surface area contributed by atoms with Gasteiger partial charge in [-0.15, -0.1) is 0 Å². The van der Waals surface area contributed by atoms with Gasteiger partial charge in [0.25, 0.3) is 5.91 Å². The van der Waals surface area contributed by atoms with Crippen LogP contribution in [0, 0.1) is 0 Å². The number of carbonyl (C=O) groups excluding carboxylic acids is 4. The molecule has 2 heterocycles. The van der Waals surface area contributed by atoms with Crippen molar-refractivity contribution in [2.24, 2.45) is 17.2 Å². The maximum atomic E-state index is 14.7. The Morgan fingerprint density at radius 3 is 1.94 bits per heavy atom. The topological polar surface area (TPSA) is 385 Å². The molecule has 2 aliphatic rings. The fraction of sp³-hybridized carbons (Fsp3) is 0.778. The van der Waals surface area contributed by atoms with Crippen molar-refractivity contribution in [3.63, 3.8) is 0 Å². The normalized spacial score (nSPS) is 32.6. The quantitative estimate of drug-likeness (QED) is 0.0707. The summed E-state index contributed by atoms with van der Waals surface area (Å²) in [5.74, 6) is -8.59. The Morgan fingerprint density at radius 1 is 0.898 bits per heavy atom. The molecule has 2 unspecified atom stereocenters. The van der Waals surface area contributed by atoms with E-state index in [1.54, 1.807) is 0 Å². The molecule has 13 atom stereocenters. The van der Waals surface area contributed by atoms with Crippen molar-refractivity contribution in [1.82, 2.24) is 10.2 Å². The Labute approximate surface area is 278 Å². The molecule has 0 aromatic heterocycles. The van der Waals surface area contributed by atoms with Crippen LogP contribution in [0.1, 0.15) is 33.1 Å². The van der Waals surface area contributed by atoms with Crippen LogP contribution in [-0.4, -0.2) is 180 Å². The number of rotatable bonds is 16. The van der Waals surface area contributed by atoms with E-state index in [9.17, 15) is 69.6 Å². The van der Waals surface area contributed by atoms with Gasteiger partial charge in [-0.3, -0.25) is 28.9 Å². The minimum Gasteiger partial charge on any atom is -0.481 e. The Kier molecular flexibility index (Phi) is 14.9. The highest BCUT2D eigenvalue weighted by Crippen LogP contribution is 2.39. The predicted octanol–water partition coefficient (Wildman–Crippen LogP) is -7.57. The number of ether oxygens (including phenoxy) is 3. The van der Waals surface area contributed by atoms with E-state index in [0.29, 0.717) is 0 Å². The minimum absolute atomic E-state index is 0.146. The van der Waals surface area contributed by atoms with Crippen LogP contribution in [0.3, 0.4) is 0 Å². The number of aliphatic carboxylic acids is 2. The molecule has 0 aromatic carbocycles. The third kappa shape index (κ3) is 9.04. The first-order valence-corrected chi connectivity index (χ1v) is 15.0. The van der Waals surface area contributed by atoms with Gasteiger partial charge in [0.05, 0.1) is 31.4 Å². The molecule has 15 N–H and O–H groups in total. The van der Waals surface area contributed by atoms with Gasteiger partial charge >= 0.3 is 11.9 Å². The highest BCUT2D eigenvalue weighted by atomic mass is 16.6. The second kappa shape index (κ2) is 17.5. The van der Waals surface area contributed by atoms with Crippen LogP contribution in [0.25, 0.3) is 0 Å². The molecule has 0 aliphatic carbocycles. The zero-order valence-electron chi connectivity index (χ0n) is 26.6. The van der Waals surface area contributed by atoms with Crippen molar-refractivity contribution in [3.8, 4) is 0 Å². The highest BCUT2D eigenvalue weighted by Gasteiger charge is 2.63. The fourth-order valence-electron chi connectivity index (χ4n) is 5.97. The summed E-state index contributed by atoms with van der Waals surface area (Å²) >= 11 is 0. The number of primary amides is 1. The van der Waals surface area contributed by atoms with Gasteiger partial charge in [-0.05, 0) is 13.3 Å². The zero-order chi connectivity index (χ0) is 37.5. The second-order valence-corrected chi connectivity index (χ2v) is 11.8. The number of hydrogen-bond donors (Lipinski definition) is 12. The summed E-state index contributed by atoms with van der Waals surface area (Å²) in [6.45, 7) is -1.64. The van der Waals surface area contributed by atoms with Gasteiger partial charge in [0.1, 0.15) is 55.4 Å². The molecule has 4 amide bonds. The summed E-state index contributed by atoms with van der Waals surface area (Å²) in [4.78, 5) is 76.9. The molecule has 2 fully saturated rings. The molecule has 2 aliphatic heterocycles. The SMILES string of the molecule is CC(=O)N(C(=O)CO)[C@@](CC1O[C@H](CO)[C@@H](O)[C@H](O)[C@H]1N)(C(=O)N[C@H](CCC(=O)O)C(N)=O)C1O[C@H](CO)[C@@H](O)[C@H](O[C@H](C)C(=O)O)[C@H]1N. The van der Waals surface area contributed by atoms with Crippen molar-refractivity contribution in [1.29, 1.82) is 0 Å². The number of carboxylic acids is 2. The number of carboxylic acid groups (broad SMARTS) is 2. The van der Waals surface area contributed by atoms with Crippen LogP contribution < -0.4 is 22.5 Å². The van der Waals surface area contributed by atoms with Crippen LogP contribution in [-0.2, 0) is 43.0 Å². The third-order valence-corrected chi connectivity index (χ3v) is 8.51. The Balaban J connectivity index is 2.99. The summed E-state index contributed by atoms with van der Waals surface area (Å²) in [5, 5.41) is 82.7. The number of nitrogens with one attached hydrogen (secondary N) is 1. The molecule has 0 radical (unpaired) electrons. The van der Waals surface area contributed by atoms with Gasteiger partial charge in [-0.1, -0.05) is 0 Å². The second-order valence-electron chi connectivity index (χ2n) is 11.8. The van der Waals surface area contributed by atoms with E-state index >= 15 is 0 Å². The average Bonchev–Trinajstić information content (AvgIpc) is 3.03. The summed E-state index contributed by atoms with van der Waals surface area (Å²) in [5.41, 5.74) is 15.0. The number of aliphatic hydroxyl groups is 6. The molecule has 0 bridgehead atoms. The van der Waals surface area contributed by atoms with Gasteiger partial charge < -0.3 is 77.6 Å². The molecule has 280 valence electrons. The molecule has 2 saturated heterocycles. The largest absolute Gasteiger partial charge is 0.481 e. The monoisotopic (exact) mass is 711 g/mol. The molecular weight excluding hydrogens is 666 g/mol. The average molecular weight is 712 g/mol. The van der Waals surface area contributed by atoms with Gasteiger partial charge in [0, 0.05) is 19.8 Å². The summed E-state index contributed by atoms with van der Waals surface area (Å²) < 4.78 is 17.0. The molecule has 2 rings (SSSR count). The maximum absolute atomic E-state index is 14.7. The molecule has 0 spiro atoms. The van der Waals surface area contributed by atoms with Gasteiger partial charge in [-0.2, -0.15) is 0 Å². The molecular formula is C27H45N5O17. The van der Waals surface area contributed by atoms with Crippen LogP contribution >= 0.6 is 0 Å². The van der Waals surface area contributed by atoms with Gasteiger partial charge in [-0.25, -0.2) is 4.79 Å². The van der Waals surface area contributed by atoms with Crippen molar-refractivity contribution in [3.05, 3.63) is 0 Å². The molecule has 22 nitrogen and oxygen atoms in total. The minimum atomic E-state index is -3.02. The van der Waals surface area contributed by atoms with Crippen molar-refractivity contribution < 1.29 is 83.8 Å². The summed E-state index contributed by atoms with van der Waals surface area (Å²) in [6.07, 6.45) is -18.8. The predicted molar refractivity (Wildman–Crippen MR) is 157 cm³/mol. The third-order valence-electron chi connectivity index (χ3n) is 8.51. The number of imide groups is 1. The fourth-order valence-corrected chi connectivity index (χ4v) is 5.97. The van der Waals surface area contributed by atoms with Crippen LogP contribution in [0.2, 0.25) is 0 Å². The van der Waals surface area contributed by atoms with Gasteiger partial charge in [0.15, 0.2) is 11.6 Å². The van der Waals surface area contributed by atoms with E-state index in [1.165, 1.54) is 0 Å². The van der Waals surface area contributed by atoms with E-state index in [4.69, 9.17) is 31.4 Å². The Hall–Kier alpha value is -3.42. The first-order valence-electron chi connectivity index (χ1n) is 15.0. The van der Waals surface area contributed by atoms with Crippen molar-refractivity contribution in [2.45, 2.75) is 112 Å². The number of carbonyl (C=O) groups is 6. The molecule has 49 heavy (non-hydrogen) atoms. The number of hydrogen-bond acceptors (Lipinski definition) is 17. The van der Waals surface area contributed by atoms with Crippen LogP contribution in [0.15, 0.2) is 0 Å². The van der Waals surface area contributed by atoms with E-state index in [0.717, 1.165) is 13.8 Å². The smallest absolute Gasteiger partial charge is 0.332 e. The molecule has 22 heteroatoms. The van der Waals surface area contributed by atoms with E-state index in [-0.39, 0.29) is 4.90 Å². The first-order chi connectivity index (χ1) is 22.8. The lowest BCUT2D eigenvalue weighted by molar-refractivity contribution is -0.246. The zero-order valence-corrected chi connectivity index (χ0v) is 26.6. The Morgan fingerprint density at radius 2 is 1.47 bits per heavy atom. The lowest BCUT2D eigenvalue weighted by atomic mass is 9.73. The van der Waals surface area contributed by atoms with E-state index in [2.05, 4.69) is 5.32 Å². The first kappa shape index (κ1) is 41.7. The van der Waals surface area contributed by atoms with Crippen molar-refractivity contribution >= 4 is 35.6 Å². The number of aliphatic hydroxyl groups excluding tert-OH is 6. The summed E-state index contributed by atoms with van der Waals surface area (Å²) in [7, 11) is 0. The van der Waals surface area contributed by atoms with Crippen LogP contribution in [0.4, 0.5) is 0 Å². The van der Waals surface area contributed by atoms with Gasteiger partial charge in [0.2, 0.25) is 17.7 Å². The Bertz CT molecular complexity index is 1220. The highest BCUT2D eigenvalue weighted by molar-refractivity contribution is 6.03. The summed E-state index contributed by atoms with van der Waals surface area (Å²) in [6, 6.07) is -5.41. The van der Waals surface area contributed by atoms with E-state index in [1.807, 2.05) is 0 Å². The molecule has 0 aromatic rings. The van der Waals surface area contributed by atoms with Crippen molar-refractivity contribution in [2.75, 3.05) is 19.8 Å². The number of amides is 4. The molecule has 0 saturated carbocycles. The lowest BCUT2D eigenvalue weighted by Crippen LogP contribution is -2.79. The lowest BCUT2D eigenvalue weighted by Gasteiger charge is -2.54. The maximum Gasteiger partial charge on any atom is 0.332 e. The standard InChI is InChI=1S/C27H45N5O17/c1-9(25(44)45)47-22-18(29)23(49-14(7-34)20(22)41)27(32(10(2)36)15(37)8-35,26(46)31-11(24(30)43)3-4-16(38)39)5-12-17(28)21(42)19(40)13(6-33)48-12/h9,11-14,17-23,33-35,40-42H,3-8,28-29H2,1-2H3,(H2,30,43)(H,31,46)(H,38,39)(H,44,45)/t9-,11-,12?,13-,14-,17+,18-,19-,20-,21-,22-,23?,27-/m1/s1.